The van der Waals surface area contributed by atoms with Crippen LogP contribution in [0, 0.1) is 5.92 Å². The predicted molar refractivity (Wildman–Crippen MR) is 122 cm³/mol. The SMILES string of the molecule is COc1cc(NCCNC2C=C3c4ccc(OC)cc4CCC3CC2)cc(OC)c1. The summed E-state index contributed by atoms with van der Waals surface area (Å²) in [4.78, 5) is 0. The molecule has 160 valence electrons. The van der Waals surface area contributed by atoms with Crippen LogP contribution in [0.3, 0.4) is 0 Å². The second-order valence-electron chi connectivity index (χ2n) is 8.05. The van der Waals surface area contributed by atoms with Crippen molar-refractivity contribution in [3.63, 3.8) is 0 Å². The molecule has 0 aliphatic heterocycles. The second-order valence-corrected chi connectivity index (χ2v) is 8.05. The molecule has 4 rings (SSSR count). The summed E-state index contributed by atoms with van der Waals surface area (Å²) in [5.41, 5.74) is 5.37. The summed E-state index contributed by atoms with van der Waals surface area (Å²) in [7, 11) is 5.08. The Balaban J connectivity index is 1.36. The number of rotatable bonds is 8. The van der Waals surface area contributed by atoms with Crippen molar-refractivity contribution in [1.29, 1.82) is 0 Å². The van der Waals surface area contributed by atoms with Gasteiger partial charge < -0.3 is 24.8 Å². The zero-order chi connectivity index (χ0) is 20.9. The Morgan fingerprint density at radius 1 is 0.833 bits per heavy atom. The highest BCUT2D eigenvalue weighted by Gasteiger charge is 2.28. The average Bonchev–Trinajstić information content (AvgIpc) is 2.80. The van der Waals surface area contributed by atoms with E-state index in [2.05, 4.69) is 34.9 Å². The van der Waals surface area contributed by atoms with Gasteiger partial charge in [0.15, 0.2) is 0 Å². The number of anilines is 1. The van der Waals surface area contributed by atoms with Gasteiger partial charge in [0.1, 0.15) is 17.2 Å². The highest BCUT2D eigenvalue weighted by molar-refractivity contribution is 5.73. The fourth-order valence-corrected chi connectivity index (χ4v) is 4.63. The van der Waals surface area contributed by atoms with Crippen LogP contribution in [-0.2, 0) is 6.42 Å². The van der Waals surface area contributed by atoms with Gasteiger partial charge in [0, 0.05) is 43.0 Å². The fraction of sp³-hybridized carbons (Fsp3) is 0.440. The van der Waals surface area contributed by atoms with Crippen molar-refractivity contribution in [2.24, 2.45) is 5.92 Å². The lowest BCUT2D eigenvalue weighted by atomic mass is 9.73. The van der Waals surface area contributed by atoms with E-state index in [1.165, 1.54) is 36.0 Å². The first-order valence-corrected chi connectivity index (χ1v) is 10.8. The molecule has 0 amide bonds. The summed E-state index contributed by atoms with van der Waals surface area (Å²) in [5, 5.41) is 7.17. The van der Waals surface area contributed by atoms with Crippen LogP contribution in [0.1, 0.15) is 30.4 Å². The number of methoxy groups -OCH3 is 3. The number of fused-ring (bicyclic) bond motifs is 3. The minimum atomic E-state index is 0.422. The summed E-state index contributed by atoms with van der Waals surface area (Å²) in [5.74, 6) is 3.24. The molecule has 0 saturated heterocycles. The number of hydrogen-bond acceptors (Lipinski definition) is 5. The minimum Gasteiger partial charge on any atom is -0.497 e. The molecule has 2 aliphatic rings. The summed E-state index contributed by atoms with van der Waals surface area (Å²) in [6, 6.07) is 12.8. The Hall–Kier alpha value is -2.66. The Bertz CT molecular complexity index is 887. The third kappa shape index (κ3) is 4.57. The third-order valence-electron chi connectivity index (χ3n) is 6.24. The van der Waals surface area contributed by atoms with Gasteiger partial charge in [-0.25, -0.2) is 0 Å². The van der Waals surface area contributed by atoms with E-state index in [4.69, 9.17) is 14.2 Å². The van der Waals surface area contributed by atoms with E-state index >= 15 is 0 Å². The van der Waals surface area contributed by atoms with E-state index in [0.29, 0.717) is 12.0 Å². The number of ether oxygens (including phenoxy) is 3. The smallest absolute Gasteiger partial charge is 0.124 e. The fourth-order valence-electron chi connectivity index (χ4n) is 4.63. The van der Waals surface area contributed by atoms with Crippen LogP contribution in [0.25, 0.3) is 5.57 Å². The van der Waals surface area contributed by atoms with Crippen LogP contribution >= 0.6 is 0 Å². The first-order valence-electron chi connectivity index (χ1n) is 10.8. The van der Waals surface area contributed by atoms with E-state index in [0.717, 1.165) is 42.4 Å². The molecule has 0 aromatic heterocycles. The van der Waals surface area contributed by atoms with Crippen LogP contribution in [0.15, 0.2) is 42.5 Å². The molecule has 5 nitrogen and oxygen atoms in total. The Labute approximate surface area is 179 Å². The average molecular weight is 409 g/mol. The molecule has 0 spiro atoms. The molecule has 2 unspecified atom stereocenters. The van der Waals surface area contributed by atoms with Gasteiger partial charge in [-0.2, -0.15) is 0 Å². The van der Waals surface area contributed by atoms with Crippen LogP contribution < -0.4 is 24.8 Å². The summed E-state index contributed by atoms with van der Waals surface area (Å²) < 4.78 is 16.1. The van der Waals surface area contributed by atoms with Gasteiger partial charge in [-0.1, -0.05) is 12.1 Å². The van der Waals surface area contributed by atoms with E-state index in [9.17, 15) is 0 Å². The highest BCUT2D eigenvalue weighted by atomic mass is 16.5. The largest absolute Gasteiger partial charge is 0.497 e. The summed E-state index contributed by atoms with van der Waals surface area (Å²) in [6.07, 6.45) is 7.33. The van der Waals surface area contributed by atoms with E-state index in [-0.39, 0.29) is 0 Å². The number of nitrogens with one attached hydrogen (secondary N) is 2. The van der Waals surface area contributed by atoms with Crippen molar-refractivity contribution in [3.05, 3.63) is 53.6 Å². The summed E-state index contributed by atoms with van der Waals surface area (Å²) >= 11 is 0. The van der Waals surface area contributed by atoms with Crippen molar-refractivity contribution < 1.29 is 14.2 Å². The molecule has 2 aromatic carbocycles. The van der Waals surface area contributed by atoms with E-state index in [1.807, 2.05) is 18.2 Å². The molecule has 5 heteroatoms. The molecular formula is C25H32N2O3. The Kier molecular flexibility index (Phi) is 6.48. The topological polar surface area (TPSA) is 51.8 Å². The molecular weight excluding hydrogens is 376 g/mol. The minimum absolute atomic E-state index is 0.422. The van der Waals surface area contributed by atoms with Crippen molar-refractivity contribution in [2.75, 3.05) is 39.7 Å². The molecule has 0 radical (unpaired) electrons. The zero-order valence-electron chi connectivity index (χ0n) is 18.2. The maximum atomic E-state index is 5.41. The highest BCUT2D eigenvalue weighted by Crippen LogP contribution is 2.42. The first kappa shape index (κ1) is 20.6. The van der Waals surface area contributed by atoms with E-state index < -0.39 is 0 Å². The van der Waals surface area contributed by atoms with Crippen molar-refractivity contribution in [3.8, 4) is 17.2 Å². The van der Waals surface area contributed by atoms with Gasteiger partial charge in [-0.15, -0.1) is 0 Å². The number of benzene rings is 2. The van der Waals surface area contributed by atoms with Gasteiger partial charge >= 0.3 is 0 Å². The number of hydrogen-bond donors (Lipinski definition) is 2. The van der Waals surface area contributed by atoms with Crippen molar-refractivity contribution in [1.82, 2.24) is 5.32 Å². The Morgan fingerprint density at radius 3 is 2.33 bits per heavy atom. The lowest BCUT2D eigenvalue weighted by molar-refractivity contribution is 0.394. The van der Waals surface area contributed by atoms with Crippen molar-refractivity contribution >= 4 is 11.3 Å². The van der Waals surface area contributed by atoms with Crippen LogP contribution in [-0.4, -0.2) is 40.5 Å². The zero-order valence-corrected chi connectivity index (χ0v) is 18.2. The van der Waals surface area contributed by atoms with Gasteiger partial charge in [-0.3, -0.25) is 0 Å². The predicted octanol–water partition coefficient (Wildman–Crippen LogP) is 4.52. The van der Waals surface area contributed by atoms with Crippen molar-refractivity contribution in [2.45, 2.75) is 31.7 Å². The molecule has 0 saturated carbocycles. The van der Waals surface area contributed by atoms with Crippen LogP contribution in [0.5, 0.6) is 17.2 Å². The molecule has 2 aliphatic carbocycles. The maximum absolute atomic E-state index is 5.41. The second kappa shape index (κ2) is 9.43. The lowest BCUT2D eigenvalue weighted by Crippen LogP contribution is -2.35. The molecule has 2 atom stereocenters. The first-order chi connectivity index (χ1) is 14.7. The standard InChI is InChI=1S/C25H32N2O3/c1-28-21-8-9-24-18(12-21)5-4-17-6-7-19(15-25(17)24)26-10-11-27-20-13-22(29-2)16-23(14-20)30-3/h8-9,12-17,19,26-27H,4-7,10-11H2,1-3H3. The molecule has 2 N–H and O–H groups in total. The van der Waals surface area contributed by atoms with Crippen LogP contribution in [0.4, 0.5) is 5.69 Å². The molecule has 0 fully saturated rings. The quantitative estimate of drug-likeness (QED) is 0.629. The summed E-state index contributed by atoms with van der Waals surface area (Å²) in [6.45, 7) is 1.74. The van der Waals surface area contributed by atoms with Crippen LogP contribution in [0.2, 0.25) is 0 Å². The third-order valence-corrected chi connectivity index (χ3v) is 6.24. The van der Waals surface area contributed by atoms with Gasteiger partial charge in [0.25, 0.3) is 0 Å². The van der Waals surface area contributed by atoms with Gasteiger partial charge in [0.05, 0.1) is 21.3 Å². The Morgan fingerprint density at radius 2 is 1.60 bits per heavy atom. The molecule has 0 heterocycles. The number of aryl methyl sites for hydroxylation is 1. The lowest BCUT2D eigenvalue weighted by Gasteiger charge is -2.34. The molecule has 2 aromatic rings. The monoisotopic (exact) mass is 408 g/mol. The van der Waals surface area contributed by atoms with Gasteiger partial charge in [-0.05, 0) is 60.4 Å². The molecule has 30 heavy (non-hydrogen) atoms. The normalized spacial score (nSPS) is 19.9. The van der Waals surface area contributed by atoms with Gasteiger partial charge in [0.2, 0.25) is 0 Å². The number of allylic oxidation sites excluding steroid dienone is 1. The maximum Gasteiger partial charge on any atom is 0.124 e. The van der Waals surface area contributed by atoms with E-state index in [1.54, 1.807) is 21.3 Å². The molecule has 0 bridgehead atoms.